The monoisotopic (exact) mass is 1080 g/mol. The number of H-pyrrole nitrogens is 1. The first-order chi connectivity index (χ1) is 36.2. The molecule has 4 rings (SSSR count). The second-order valence-corrected chi connectivity index (χ2v) is 19.8. The molecule has 1 aromatic heterocycles. The number of hydrogen-bond donors (Lipinski definition) is 22. The molecule has 3 aromatic rings. The maximum atomic E-state index is 12.7. The van der Waals surface area contributed by atoms with Gasteiger partial charge in [0.2, 0.25) is 5.91 Å². The number of aromatic nitrogens is 2. The smallest absolute Gasteiger partial charge is 0.220 e. The van der Waals surface area contributed by atoms with E-state index in [0.717, 1.165) is 47.4 Å². The largest absolute Gasteiger partial charge is 0.394 e. The van der Waals surface area contributed by atoms with Gasteiger partial charge in [0.25, 0.3) is 0 Å². The number of hydrogen-bond acceptors (Lipinski definition) is 24. The van der Waals surface area contributed by atoms with Crippen LogP contribution in [0, 0.1) is 0 Å². The fourth-order valence-electron chi connectivity index (χ4n) is 9.04. The van der Waals surface area contributed by atoms with Crippen LogP contribution in [-0.4, -0.2) is 248 Å². The van der Waals surface area contributed by atoms with Crippen LogP contribution in [0.4, 0.5) is 5.69 Å². The summed E-state index contributed by atoms with van der Waals surface area (Å²) in [5, 5.41) is 171. The molecule has 0 bridgehead atoms. The molecule has 1 aliphatic heterocycles. The lowest BCUT2D eigenvalue weighted by atomic mass is 10.0. The number of benzene rings is 2. The van der Waals surface area contributed by atoms with Gasteiger partial charge in [-0.25, -0.2) is 4.98 Å². The Balaban J connectivity index is 1.30. The topological polar surface area (TPSA) is 428 Å². The van der Waals surface area contributed by atoms with Gasteiger partial charge in [-0.1, -0.05) is 38.0 Å². The second kappa shape index (κ2) is 33.1. The zero-order chi connectivity index (χ0) is 56.1. The molecular formula is C50H88N10O16. The summed E-state index contributed by atoms with van der Waals surface area (Å²) in [6.07, 6.45) is -16.5. The number of amides is 1. The van der Waals surface area contributed by atoms with Crippen LogP contribution in [0.25, 0.3) is 11.0 Å². The Labute approximate surface area is 443 Å². The average molecular weight is 1090 g/mol. The molecule has 22 N–H and O–H groups in total. The number of para-hydroxylation sites is 2. The zero-order valence-electron chi connectivity index (χ0n) is 43.8. The van der Waals surface area contributed by atoms with E-state index >= 15 is 0 Å². The first kappa shape index (κ1) is 64.9. The lowest BCUT2D eigenvalue weighted by Gasteiger charge is -2.32. The van der Waals surface area contributed by atoms with E-state index in [1.165, 1.54) is 7.05 Å². The Bertz CT molecular complexity index is 2070. The normalized spacial score (nSPS) is 21.0. The summed E-state index contributed by atoms with van der Waals surface area (Å²) in [5.74, 6) is 0.144. The molecular weight excluding hydrogens is 997 g/mol. The summed E-state index contributed by atoms with van der Waals surface area (Å²) >= 11 is 0. The molecule has 1 aliphatic rings. The van der Waals surface area contributed by atoms with Gasteiger partial charge in [0, 0.05) is 50.4 Å². The van der Waals surface area contributed by atoms with Gasteiger partial charge in [0.05, 0.1) is 49.0 Å². The molecule has 0 aliphatic carbocycles. The van der Waals surface area contributed by atoms with Crippen LogP contribution in [0.5, 0.6) is 0 Å². The second-order valence-electron chi connectivity index (χ2n) is 19.8. The molecule has 0 saturated carbocycles. The van der Waals surface area contributed by atoms with Crippen molar-refractivity contribution in [3.05, 3.63) is 59.4 Å². The van der Waals surface area contributed by atoms with Crippen LogP contribution in [0.2, 0.25) is 0 Å². The van der Waals surface area contributed by atoms with E-state index in [4.69, 9.17) is 10.2 Å². The van der Waals surface area contributed by atoms with Crippen molar-refractivity contribution in [2.24, 2.45) is 0 Å². The lowest BCUT2D eigenvalue weighted by Crippen LogP contribution is -2.57. The van der Waals surface area contributed by atoms with Gasteiger partial charge in [-0.3, -0.25) is 30.5 Å². The number of imidazole rings is 1. The molecule has 1 amide bonds. The molecule has 2 aromatic carbocycles. The van der Waals surface area contributed by atoms with Gasteiger partial charge in [-0.2, -0.15) is 0 Å². The van der Waals surface area contributed by atoms with Crippen LogP contribution in [0.1, 0.15) is 87.9 Å². The van der Waals surface area contributed by atoms with E-state index in [1.807, 2.05) is 61.3 Å². The van der Waals surface area contributed by atoms with Gasteiger partial charge >= 0.3 is 0 Å². The number of aromatic amines is 1. The maximum absolute atomic E-state index is 12.7. The first-order valence-corrected chi connectivity index (χ1v) is 26.2. The van der Waals surface area contributed by atoms with Crippen molar-refractivity contribution < 1.29 is 81.4 Å². The number of nitrogens with zero attached hydrogens (tertiary/aromatic N) is 3. The van der Waals surface area contributed by atoms with Crippen LogP contribution in [0.3, 0.4) is 0 Å². The number of rotatable bonds is 37. The Hall–Kier alpha value is -3.66. The van der Waals surface area contributed by atoms with E-state index in [0.29, 0.717) is 44.6 Å². The highest BCUT2D eigenvalue weighted by Crippen LogP contribution is 2.30. The number of carbonyl (C=O) groups excluding carboxylic acids is 1. The third-order valence-electron chi connectivity index (χ3n) is 14.0. The van der Waals surface area contributed by atoms with Gasteiger partial charge in [0.15, 0.2) is 0 Å². The Morgan fingerprint density at radius 2 is 1.42 bits per heavy atom. The summed E-state index contributed by atoms with van der Waals surface area (Å²) < 4.78 is 0. The van der Waals surface area contributed by atoms with Crippen molar-refractivity contribution in [2.75, 3.05) is 58.8 Å². The average Bonchev–Trinajstić information content (AvgIpc) is 3.78. The molecule has 76 heavy (non-hydrogen) atoms. The van der Waals surface area contributed by atoms with Gasteiger partial charge < -0.3 is 97.5 Å². The van der Waals surface area contributed by atoms with Crippen molar-refractivity contribution in [1.29, 1.82) is 0 Å². The highest BCUT2D eigenvalue weighted by atomic mass is 16.4. The molecule has 1 unspecified atom stereocenters. The summed E-state index contributed by atoms with van der Waals surface area (Å²) in [4.78, 5) is 24.4. The third kappa shape index (κ3) is 19.9. The van der Waals surface area contributed by atoms with E-state index in [1.54, 1.807) is 4.90 Å². The molecule has 0 fully saturated rings. The molecule has 0 saturated heterocycles. The highest BCUT2D eigenvalue weighted by molar-refractivity contribution is 5.76. The number of aliphatic hydroxyl groups is 15. The van der Waals surface area contributed by atoms with Crippen molar-refractivity contribution in [3.8, 4) is 0 Å². The predicted molar refractivity (Wildman–Crippen MR) is 279 cm³/mol. The molecule has 0 radical (unpaired) electrons. The van der Waals surface area contributed by atoms with Gasteiger partial charge in [-0.15, -0.1) is 0 Å². The quantitative estimate of drug-likeness (QED) is 0.0190. The first-order valence-electron chi connectivity index (χ1n) is 26.2. The molecule has 434 valence electrons. The number of nitrogens with one attached hydrogen (secondary N) is 7. The minimum atomic E-state index is -1.87. The van der Waals surface area contributed by atoms with Crippen molar-refractivity contribution in [2.45, 2.75) is 176 Å². The molecule has 0 spiro atoms. The van der Waals surface area contributed by atoms with Crippen LogP contribution in [-0.2, 0) is 17.9 Å². The van der Waals surface area contributed by atoms with Gasteiger partial charge in [0.1, 0.15) is 73.6 Å². The standard InChI is InChI=1S/C50H88N10O16/c1-4-30-50(76)60(24-29-21-28(13-14-31(29)55-30)49(75)59(3)25-40-56-32-11-7-8-12-33(32)57-40)20-10-6-5-9-19-52-47(73)35(16-18-42(68)54-23-37(64)44(70)46(72)39(66)27-62)58-48(74)34(51-2)15-17-41(67)53-22-36(63)43(69)45(71)38(65)26-61/h7-8,11-14,21,30,34-39,42-52,54-55,58,61-66,68-76H,4-6,9-10,15-20,22-27H2,1-3H3,(H,53,67)(H,56,57)/t30?,34-,35-,36+,37+,38+,39+,42+,43-,44+,45-,46+,47+,48+,49+,50+/m0/s1. The lowest BCUT2D eigenvalue weighted by molar-refractivity contribution is -0.126. The van der Waals surface area contributed by atoms with Crippen LogP contribution in [0.15, 0.2) is 42.5 Å². The predicted octanol–water partition coefficient (Wildman–Crippen LogP) is -5.20. The molecule has 16 atom stereocenters. The fraction of sp³-hybridized carbons (Fsp3) is 0.720. The van der Waals surface area contributed by atoms with Crippen molar-refractivity contribution in [1.82, 2.24) is 46.4 Å². The number of anilines is 1. The Morgan fingerprint density at radius 1 is 0.776 bits per heavy atom. The number of aliphatic hydroxyl groups excluding tert-OH is 15. The van der Waals surface area contributed by atoms with Crippen LogP contribution < -0.4 is 31.9 Å². The summed E-state index contributed by atoms with van der Waals surface area (Å²) in [6, 6.07) is 11.6. The van der Waals surface area contributed by atoms with Crippen LogP contribution >= 0.6 is 0 Å². The SMILES string of the molecule is CCC1Nc2ccc([C@@H](O)N(C)Cc3nc4ccccc4[nH]3)cc2CN(CCCCCCN[C@H](O)[C@H](CC[C@@H](O)NC[C@@H](O)[C@@H](O)[C@H](O)[C@H](O)CO)N[C@H](O)[C@H](CCC(=O)NC[C@@H](O)[C@H](O)[C@@H](O)[C@H](O)CO)NC)[C@@H]1O. The van der Waals surface area contributed by atoms with E-state index in [2.05, 4.69) is 41.9 Å². The number of likely N-dealkylation sites (N-methyl/N-ethyl adjacent to an activating group) is 1. The summed E-state index contributed by atoms with van der Waals surface area (Å²) in [5.41, 5.74) is 4.32. The number of fused-ring (bicyclic) bond motifs is 2. The van der Waals surface area contributed by atoms with E-state index in [-0.39, 0.29) is 31.7 Å². The maximum Gasteiger partial charge on any atom is 0.220 e. The highest BCUT2D eigenvalue weighted by Gasteiger charge is 2.33. The van der Waals surface area contributed by atoms with Crippen molar-refractivity contribution >= 4 is 22.6 Å². The van der Waals surface area contributed by atoms with Gasteiger partial charge in [-0.05, 0) is 94.6 Å². The Kier molecular flexibility index (Phi) is 28.2. The minimum Gasteiger partial charge on any atom is -0.394 e. The number of carbonyl (C=O) groups is 1. The third-order valence-corrected chi connectivity index (χ3v) is 14.0. The molecule has 26 heteroatoms. The Morgan fingerprint density at radius 3 is 2.07 bits per heavy atom. The molecule has 26 nitrogen and oxygen atoms in total. The number of unbranched alkanes of at least 4 members (excludes halogenated alkanes) is 3. The summed E-state index contributed by atoms with van der Waals surface area (Å²) in [6.45, 7) is 1.14. The summed E-state index contributed by atoms with van der Waals surface area (Å²) in [7, 11) is 3.36. The van der Waals surface area contributed by atoms with Crippen molar-refractivity contribution in [3.63, 3.8) is 0 Å². The van der Waals surface area contributed by atoms with E-state index in [9.17, 15) is 71.2 Å². The minimum absolute atomic E-state index is 0.0202. The molecule has 2 heterocycles. The van der Waals surface area contributed by atoms with E-state index < -0.39 is 124 Å². The fourth-order valence-corrected chi connectivity index (χ4v) is 9.04. The zero-order valence-corrected chi connectivity index (χ0v) is 43.8.